The first-order chi connectivity index (χ1) is 13.5. The topological polar surface area (TPSA) is 81.6 Å². The molecular weight excluding hydrogens is 499 g/mol. The van der Waals surface area contributed by atoms with Crippen molar-refractivity contribution in [2.45, 2.75) is 52.5 Å². The van der Waals surface area contributed by atoms with Gasteiger partial charge in [-0.3, -0.25) is 14.7 Å². The zero-order valence-corrected chi connectivity index (χ0v) is 21.3. The van der Waals surface area contributed by atoms with Crippen molar-refractivity contribution in [3.8, 4) is 0 Å². The molecule has 1 fully saturated rings. The molecule has 1 aromatic heterocycles. The Morgan fingerprint density at radius 1 is 1.17 bits per heavy atom. The van der Waals surface area contributed by atoms with Crippen LogP contribution in [0.2, 0.25) is 0 Å². The summed E-state index contributed by atoms with van der Waals surface area (Å²) in [5.74, 6) is 1.31. The number of amides is 1. The largest absolute Gasteiger partial charge is 0.355 e. The minimum atomic E-state index is -0.0641. The van der Waals surface area contributed by atoms with Crippen molar-refractivity contribution in [1.29, 1.82) is 0 Å². The first kappa shape index (κ1) is 26.1. The van der Waals surface area contributed by atoms with Crippen LogP contribution in [0.15, 0.2) is 10.5 Å². The van der Waals surface area contributed by atoms with Gasteiger partial charge in [0.05, 0.1) is 11.2 Å². The third kappa shape index (κ3) is 8.75. The van der Waals surface area contributed by atoms with Crippen LogP contribution in [-0.4, -0.2) is 67.6 Å². The molecular formula is C20H37IN6OS. The van der Waals surface area contributed by atoms with Gasteiger partial charge in [0.2, 0.25) is 0 Å². The molecule has 0 aliphatic carbocycles. The van der Waals surface area contributed by atoms with Crippen LogP contribution in [0, 0.1) is 12.8 Å². The van der Waals surface area contributed by atoms with Gasteiger partial charge in [-0.1, -0.05) is 26.7 Å². The lowest BCUT2D eigenvalue weighted by atomic mass is 10.0. The molecule has 3 N–H and O–H groups in total. The van der Waals surface area contributed by atoms with E-state index in [-0.39, 0.29) is 29.9 Å². The molecule has 0 aromatic carbocycles. The molecule has 0 radical (unpaired) electrons. The number of thiazole rings is 1. The molecule has 29 heavy (non-hydrogen) atoms. The van der Waals surface area contributed by atoms with Gasteiger partial charge in [0.15, 0.2) is 5.96 Å². The van der Waals surface area contributed by atoms with Gasteiger partial charge in [0.25, 0.3) is 5.91 Å². The smallest absolute Gasteiger partial charge is 0.263 e. The van der Waals surface area contributed by atoms with Gasteiger partial charge in [-0.25, -0.2) is 4.98 Å². The summed E-state index contributed by atoms with van der Waals surface area (Å²) in [6, 6.07) is 0.505. The molecule has 9 heteroatoms. The van der Waals surface area contributed by atoms with Gasteiger partial charge in [-0.15, -0.1) is 35.3 Å². The van der Waals surface area contributed by atoms with Crippen LogP contribution in [0.5, 0.6) is 0 Å². The van der Waals surface area contributed by atoms with Crippen molar-refractivity contribution in [3.63, 3.8) is 0 Å². The Morgan fingerprint density at radius 3 is 2.38 bits per heavy atom. The normalized spacial score (nSPS) is 16.7. The van der Waals surface area contributed by atoms with Crippen LogP contribution in [0.3, 0.4) is 0 Å². The van der Waals surface area contributed by atoms with Gasteiger partial charge in [-0.2, -0.15) is 0 Å². The van der Waals surface area contributed by atoms with Crippen molar-refractivity contribution in [1.82, 2.24) is 25.8 Å². The number of hydrogen-bond donors (Lipinski definition) is 3. The van der Waals surface area contributed by atoms with Crippen molar-refractivity contribution < 1.29 is 4.79 Å². The maximum atomic E-state index is 12.1. The van der Waals surface area contributed by atoms with Gasteiger partial charge in [0, 0.05) is 32.7 Å². The summed E-state index contributed by atoms with van der Waals surface area (Å²) in [6.07, 6.45) is 5.31. The van der Waals surface area contributed by atoms with Gasteiger partial charge < -0.3 is 16.0 Å². The zero-order chi connectivity index (χ0) is 20.4. The second-order valence-electron chi connectivity index (χ2n) is 7.66. The molecule has 1 aliphatic rings. The predicted molar refractivity (Wildman–Crippen MR) is 133 cm³/mol. The minimum Gasteiger partial charge on any atom is -0.355 e. The molecule has 1 unspecified atom stereocenters. The van der Waals surface area contributed by atoms with Gasteiger partial charge in [0.1, 0.15) is 4.88 Å². The van der Waals surface area contributed by atoms with Crippen molar-refractivity contribution in [3.05, 3.63) is 16.1 Å². The molecule has 0 bridgehead atoms. The molecule has 2 rings (SSSR count). The van der Waals surface area contributed by atoms with Crippen LogP contribution in [-0.2, 0) is 0 Å². The van der Waals surface area contributed by atoms with E-state index in [4.69, 9.17) is 0 Å². The lowest BCUT2D eigenvalue weighted by Crippen LogP contribution is -2.50. The average molecular weight is 537 g/mol. The molecule has 1 atom stereocenters. The summed E-state index contributed by atoms with van der Waals surface area (Å²) in [7, 11) is 1.78. The predicted octanol–water partition coefficient (Wildman–Crippen LogP) is 2.86. The van der Waals surface area contributed by atoms with Crippen molar-refractivity contribution in [2.75, 3.05) is 39.8 Å². The first-order valence-corrected chi connectivity index (χ1v) is 11.3. The highest BCUT2D eigenvalue weighted by Gasteiger charge is 2.22. The molecule has 166 valence electrons. The fourth-order valence-corrected chi connectivity index (χ4v) is 4.31. The number of halogens is 1. The fraction of sp³-hybridized carbons (Fsp3) is 0.750. The summed E-state index contributed by atoms with van der Waals surface area (Å²) >= 11 is 1.37. The number of aryl methyl sites for hydroxylation is 1. The average Bonchev–Trinajstić information content (AvgIpc) is 2.93. The first-order valence-electron chi connectivity index (χ1n) is 10.4. The third-order valence-electron chi connectivity index (χ3n) is 5.24. The number of aromatic nitrogens is 1. The number of nitrogens with one attached hydrogen (secondary N) is 3. The monoisotopic (exact) mass is 536 g/mol. The van der Waals surface area contributed by atoms with E-state index in [1.165, 1.54) is 50.1 Å². The van der Waals surface area contributed by atoms with Crippen LogP contribution in [0.25, 0.3) is 0 Å². The Hall–Kier alpha value is -0.940. The fourth-order valence-electron chi connectivity index (χ4n) is 3.59. The highest BCUT2D eigenvalue weighted by Crippen LogP contribution is 2.17. The summed E-state index contributed by atoms with van der Waals surface area (Å²) < 4.78 is 0. The molecule has 1 amide bonds. The highest BCUT2D eigenvalue weighted by atomic mass is 127. The number of likely N-dealkylation sites (tertiary alicyclic amines) is 1. The molecule has 0 saturated carbocycles. The highest BCUT2D eigenvalue weighted by molar-refractivity contribution is 14.0. The second kappa shape index (κ2) is 14.1. The number of guanidine groups is 1. The number of nitrogens with zero attached hydrogens (tertiary/aromatic N) is 3. The van der Waals surface area contributed by atoms with Crippen LogP contribution >= 0.6 is 35.3 Å². The minimum absolute atomic E-state index is 0. The summed E-state index contributed by atoms with van der Waals surface area (Å²) in [5, 5.41) is 9.68. The lowest BCUT2D eigenvalue weighted by molar-refractivity contribution is 0.0957. The SMILES string of the molecule is CN=C(NCCNC(=O)c1scnc1C)NCC(C(C)C)N1CCCCCC1.I. The van der Waals surface area contributed by atoms with E-state index in [0.717, 1.165) is 18.2 Å². The number of carbonyl (C=O) groups is 1. The Kier molecular flexibility index (Phi) is 12.7. The van der Waals surface area contributed by atoms with E-state index in [2.05, 4.69) is 44.7 Å². The summed E-state index contributed by atoms with van der Waals surface area (Å²) in [5.41, 5.74) is 2.48. The molecule has 0 spiro atoms. The van der Waals surface area contributed by atoms with Crippen molar-refractivity contribution >= 4 is 47.2 Å². The molecule has 7 nitrogen and oxygen atoms in total. The maximum absolute atomic E-state index is 12.1. The van der Waals surface area contributed by atoms with E-state index < -0.39 is 0 Å². The maximum Gasteiger partial charge on any atom is 0.263 e. The van der Waals surface area contributed by atoms with Gasteiger partial charge >= 0.3 is 0 Å². The Bertz CT molecular complexity index is 628. The summed E-state index contributed by atoms with van der Waals surface area (Å²) in [4.78, 5) is 23.9. The standard InChI is InChI=1S/C20H36N6OS.HI/c1-15(2)17(26-11-7-5-6-8-12-26)13-24-20(21-4)23-10-9-22-19(27)18-16(3)25-14-28-18;/h14-15,17H,5-13H2,1-4H3,(H,22,27)(H2,21,23,24);1H. The van der Waals surface area contributed by atoms with Crippen molar-refractivity contribution in [2.24, 2.45) is 10.9 Å². The quantitative estimate of drug-likeness (QED) is 0.206. The van der Waals surface area contributed by atoms with E-state index >= 15 is 0 Å². The number of aliphatic imine (C=N–C) groups is 1. The zero-order valence-electron chi connectivity index (χ0n) is 18.2. The Morgan fingerprint density at radius 2 is 1.83 bits per heavy atom. The van der Waals surface area contributed by atoms with E-state index in [0.29, 0.717) is 29.9 Å². The van der Waals surface area contributed by atoms with Crippen LogP contribution in [0.1, 0.15) is 54.9 Å². The molecule has 1 aliphatic heterocycles. The number of hydrogen-bond acceptors (Lipinski definition) is 5. The molecule has 1 saturated heterocycles. The molecule has 1 aromatic rings. The molecule has 2 heterocycles. The lowest BCUT2D eigenvalue weighted by Gasteiger charge is -2.34. The summed E-state index contributed by atoms with van der Waals surface area (Å²) in [6.45, 7) is 10.9. The third-order valence-corrected chi connectivity index (χ3v) is 6.16. The van der Waals surface area contributed by atoms with E-state index in [1.54, 1.807) is 12.6 Å². The number of rotatable bonds is 8. The van der Waals surface area contributed by atoms with Crippen LogP contribution < -0.4 is 16.0 Å². The van der Waals surface area contributed by atoms with Gasteiger partial charge in [-0.05, 0) is 38.8 Å². The van der Waals surface area contributed by atoms with E-state index in [1.807, 2.05) is 6.92 Å². The number of carbonyl (C=O) groups excluding carboxylic acids is 1. The second-order valence-corrected chi connectivity index (χ2v) is 8.52. The Labute approximate surface area is 196 Å². The Balaban J connectivity index is 0.00000420. The van der Waals surface area contributed by atoms with Crippen LogP contribution in [0.4, 0.5) is 0 Å². The van der Waals surface area contributed by atoms with E-state index in [9.17, 15) is 4.79 Å².